The smallest absolute Gasteiger partial charge is 0.191 e. The Morgan fingerprint density at radius 2 is 2.14 bits per heavy atom. The zero-order valence-electron chi connectivity index (χ0n) is 13.4. The van der Waals surface area contributed by atoms with Crippen molar-refractivity contribution < 1.29 is 0 Å². The number of nitrogens with one attached hydrogen (secondary N) is 2. The Bertz CT molecular complexity index is 470. The summed E-state index contributed by atoms with van der Waals surface area (Å²) in [6.07, 6.45) is 2.37. The maximum atomic E-state index is 4.33. The van der Waals surface area contributed by atoms with E-state index in [0.29, 0.717) is 12.1 Å². The van der Waals surface area contributed by atoms with Gasteiger partial charge < -0.3 is 15.5 Å². The molecule has 2 N–H and O–H groups in total. The third-order valence-corrected chi connectivity index (χ3v) is 5.57. The number of hydrogen-bond acceptors (Lipinski definition) is 3. The minimum Gasteiger partial charge on any atom is -0.354 e. The summed E-state index contributed by atoms with van der Waals surface area (Å²) in [5, 5.41) is 9.05. The first-order valence-corrected chi connectivity index (χ1v) is 9.20. The van der Waals surface area contributed by atoms with E-state index in [4.69, 9.17) is 0 Å². The molecule has 126 valence electrons. The Balaban J connectivity index is 0.00000242. The molecule has 0 bridgehead atoms. The largest absolute Gasteiger partial charge is 0.354 e. The lowest BCUT2D eigenvalue weighted by molar-refractivity contribution is 0.167. The van der Waals surface area contributed by atoms with Crippen LogP contribution in [0.3, 0.4) is 0 Å². The van der Waals surface area contributed by atoms with E-state index < -0.39 is 0 Å². The summed E-state index contributed by atoms with van der Waals surface area (Å²) in [4.78, 5) is 8.18. The SMILES string of the molecule is CN=C(NCc1cc(Br)cs1)NC1CCN(C(C)C)CC1.I. The van der Waals surface area contributed by atoms with Crippen molar-refractivity contribution in [3.8, 4) is 0 Å². The summed E-state index contributed by atoms with van der Waals surface area (Å²) < 4.78 is 1.15. The van der Waals surface area contributed by atoms with Gasteiger partial charge in [0.1, 0.15) is 0 Å². The summed E-state index contributed by atoms with van der Waals surface area (Å²) >= 11 is 5.24. The number of rotatable bonds is 4. The molecule has 22 heavy (non-hydrogen) atoms. The number of nitrogens with zero attached hydrogens (tertiary/aromatic N) is 2. The Kier molecular flexibility index (Phi) is 9.27. The molecule has 2 heterocycles. The van der Waals surface area contributed by atoms with Crippen LogP contribution in [0.5, 0.6) is 0 Å². The molecule has 7 heteroatoms. The molecule has 0 spiro atoms. The molecule has 0 aliphatic carbocycles. The van der Waals surface area contributed by atoms with Crippen molar-refractivity contribution in [2.24, 2.45) is 4.99 Å². The molecule has 1 aromatic heterocycles. The minimum atomic E-state index is 0. The van der Waals surface area contributed by atoms with E-state index >= 15 is 0 Å². The normalized spacial score (nSPS) is 17.4. The van der Waals surface area contributed by atoms with Crippen LogP contribution in [-0.4, -0.2) is 43.1 Å². The first-order valence-electron chi connectivity index (χ1n) is 7.52. The lowest BCUT2D eigenvalue weighted by Gasteiger charge is -2.35. The zero-order chi connectivity index (χ0) is 15.2. The number of likely N-dealkylation sites (tertiary alicyclic amines) is 1. The van der Waals surface area contributed by atoms with Gasteiger partial charge in [-0.05, 0) is 48.7 Å². The number of halogens is 2. The number of aliphatic imine (C=N–C) groups is 1. The maximum Gasteiger partial charge on any atom is 0.191 e. The lowest BCUT2D eigenvalue weighted by atomic mass is 10.0. The fourth-order valence-electron chi connectivity index (χ4n) is 2.57. The monoisotopic (exact) mass is 500 g/mol. The molecule has 2 rings (SSSR count). The average molecular weight is 501 g/mol. The highest BCUT2D eigenvalue weighted by Crippen LogP contribution is 2.19. The van der Waals surface area contributed by atoms with Crippen molar-refractivity contribution in [3.05, 3.63) is 20.8 Å². The molecule has 0 radical (unpaired) electrons. The van der Waals surface area contributed by atoms with Crippen molar-refractivity contribution >= 4 is 57.2 Å². The third kappa shape index (κ3) is 6.33. The van der Waals surface area contributed by atoms with Crippen LogP contribution >= 0.6 is 51.2 Å². The van der Waals surface area contributed by atoms with Crippen molar-refractivity contribution in [1.29, 1.82) is 0 Å². The highest BCUT2D eigenvalue weighted by atomic mass is 127. The number of thiophene rings is 1. The fourth-order valence-corrected chi connectivity index (χ4v) is 3.96. The third-order valence-electron chi connectivity index (χ3n) is 3.88. The Morgan fingerprint density at radius 3 is 2.64 bits per heavy atom. The Labute approximate surface area is 163 Å². The quantitative estimate of drug-likeness (QED) is 0.376. The maximum absolute atomic E-state index is 4.33. The molecule has 1 aliphatic heterocycles. The van der Waals surface area contributed by atoms with Crippen molar-refractivity contribution in [2.45, 2.75) is 45.3 Å². The first-order chi connectivity index (χ1) is 10.1. The Hall–Kier alpha value is 0.140. The Morgan fingerprint density at radius 1 is 1.45 bits per heavy atom. The topological polar surface area (TPSA) is 39.7 Å². The molecule has 0 unspecified atom stereocenters. The van der Waals surface area contributed by atoms with Crippen LogP contribution in [0, 0.1) is 0 Å². The van der Waals surface area contributed by atoms with Crippen molar-refractivity contribution in [1.82, 2.24) is 15.5 Å². The molecule has 0 atom stereocenters. The van der Waals surface area contributed by atoms with Crippen LogP contribution in [0.25, 0.3) is 0 Å². The summed E-state index contributed by atoms with van der Waals surface area (Å²) in [6.45, 7) is 7.70. The van der Waals surface area contributed by atoms with Crippen LogP contribution in [0.4, 0.5) is 0 Å². The van der Waals surface area contributed by atoms with Crippen LogP contribution in [0.15, 0.2) is 20.9 Å². The molecule has 0 amide bonds. The highest BCUT2D eigenvalue weighted by molar-refractivity contribution is 14.0. The minimum absolute atomic E-state index is 0. The van der Waals surface area contributed by atoms with Gasteiger partial charge in [-0.3, -0.25) is 4.99 Å². The van der Waals surface area contributed by atoms with E-state index in [0.717, 1.165) is 17.0 Å². The predicted octanol–water partition coefficient (Wildman–Crippen LogP) is 3.67. The van der Waals surface area contributed by atoms with E-state index in [9.17, 15) is 0 Å². The summed E-state index contributed by atoms with van der Waals surface area (Å²) in [5.74, 6) is 0.905. The van der Waals surface area contributed by atoms with Gasteiger partial charge in [0.05, 0.1) is 6.54 Å². The molecule has 1 saturated heterocycles. The van der Waals surface area contributed by atoms with Gasteiger partial charge >= 0.3 is 0 Å². The second kappa shape index (κ2) is 10.1. The van der Waals surface area contributed by atoms with Crippen LogP contribution in [-0.2, 0) is 6.54 Å². The van der Waals surface area contributed by atoms with E-state index in [1.54, 1.807) is 11.3 Å². The molecule has 0 saturated carbocycles. The standard InChI is InChI=1S/C15H25BrN4S.HI/c1-11(2)20-6-4-13(5-7-20)19-15(17-3)18-9-14-8-12(16)10-21-14;/h8,10-11,13H,4-7,9H2,1-3H3,(H2,17,18,19);1H. The van der Waals surface area contributed by atoms with Crippen molar-refractivity contribution in [2.75, 3.05) is 20.1 Å². The van der Waals surface area contributed by atoms with Gasteiger partial charge in [0, 0.05) is 47.0 Å². The van der Waals surface area contributed by atoms with Crippen molar-refractivity contribution in [3.63, 3.8) is 0 Å². The summed E-state index contributed by atoms with van der Waals surface area (Å²) in [6, 6.07) is 3.33. The lowest BCUT2D eigenvalue weighted by Crippen LogP contribution is -2.49. The summed E-state index contributed by atoms with van der Waals surface area (Å²) in [7, 11) is 1.84. The molecular weight excluding hydrogens is 475 g/mol. The number of hydrogen-bond donors (Lipinski definition) is 2. The fraction of sp³-hybridized carbons (Fsp3) is 0.667. The summed E-state index contributed by atoms with van der Waals surface area (Å²) in [5.41, 5.74) is 0. The zero-order valence-corrected chi connectivity index (χ0v) is 18.2. The molecule has 0 aromatic carbocycles. The molecule has 1 aliphatic rings. The van der Waals surface area contributed by atoms with E-state index in [-0.39, 0.29) is 24.0 Å². The van der Waals surface area contributed by atoms with Gasteiger partial charge in [0.25, 0.3) is 0 Å². The van der Waals surface area contributed by atoms with E-state index in [2.05, 4.69) is 61.7 Å². The van der Waals surface area contributed by atoms with Gasteiger partial charge in [-0.25, -0.2) is 0 Å². The molecule has 4 nitrogen and oxygen atoms in total. The van der Waals surface area contributed by atoms with Crippen LogP contribution in [0.1, 0.15) is 31.6 Å². The van der Waals surface area contributed by atoms with Gasteiger partial charge in [0.2, 0.25) is 0 Å². The highest BCUT2D eigenvalue weighted by Gasteiger charge is 2.21. The van der Waals surface area contributed by atoms with Crippen LogP contribution in [0.2, 0.25) is 0 Å². The molecule has 1 fully saturated rings. The van der Waals surface area contributed by atoms with E-state index in [1.165, 1.54) is 30.8 Å². The van der Waals surface area contributed by atoms with Gasteiger partial charge in [-0.2, -0.15) is 0 Å². The van der Waals surface area contributed by atoms with Gasteiger partial charge in [0.15, 0.2) is 5.96 Å². The van der Waals surface area contributed by atoms with E-state index in [1.807, 2.05) is 7.05 Å². The number of guanidine groups is 1. The second-order valence-corrected chi connectivity index (χ2v) is 7.62. The van der Waals surface area contributed by atoms with Gasteiger partial charge in [-0.1, -0.05) is 0 Å². The number of piperidine rings is 1. The van der Waals surface area contributed by atoms with Gasteiger partial charge in [-0.15, -0.1) is 35.3 Å². The molecule has 1 aromatic rings. The second-order valence-electron chi connectivity index (χ2n) is 5.71. The van der Waals surface area contributed by atoms with Crippen LogP contribution < -0.4 is 10.6 Å². The predicted molar refractivity (Wildman–Crippen MR) is 110 cm³/mol. The molecular formula is C15H26BrIN4S. The first kappa shape index (κ1) is 20.2. The average Bonchev–Trinajstić information content (AvgIpc) is 2.89.